The molecule has 7 heteroatoms. The number of carbonyl (C=O) groups excluding carboxylic acids is 1. The minimum atomic E-state index is -0.631. The molecule has 6 nitrogen and oxygen atoms in total. The second kappa shape index (κ2) is 5.06. The van der Waals surface area contributed by atoms with Crippen LogP contribution in [0.5, 0.6) is 0 Å². The Bertz CT molecular complexity index is 996. The van der Waals surface area contributed by atoms with Crippen LogP contribution < -0.4 is 5.56 Å². The fraction of sp³-hybridized carbons (Fsp3) is 0.0625. The van der Waals surface area contributed by atoms with Gasteiger partial charge in [0, 0.05) is 16.8 Å². The van der Waals surface area contributed by atoms with E-state index in [0.717, 1.165) is 16.1 Å². The van der Waals surface area contributed by atoms with Crippen LogP contribution in [0.2, 0.25) is 0 Å². The minimum Gasteiger partial charge on any atom is -0.422 e. The van der Waals surface area contributed by atoms with Crippen LogP contribution in [0.4, 0.5) is 0 Å². The summed E-state index contributed by atoms with van der Waals surface area (Å²) in [5.41, 5.74) is 2.43. The standard InChI is InChI=1S/C16H11N3O3S/c1-8-5-10-11(22-16(21)13(10)15(20)18-8)6-9-7-17-19-14(9)12-3-2-4-23-12/h2-7H,1H3,(H,17,19)(H,18,20). The zero-order valence-electron chi connectivity index (χ0n) is 12.0. The van der Waals surface area contributed by atoms with Gasteiger partial charge < -0.3 is 9.72 Å². The second-order valence-corrected chi connectivity index (χ2v) is 6.09. The molecule has 0 aromatic carbocycles. The molecular weight excluding hydrogens is 314 g/mol. The van der Waals surface area contributed by atoms with Gasteiger partial charge in [-0.3, -0.25) is 9.89 Å². The molecule has 0 atom stereocenters. The summed E-state index contributed by atoms with van der Waals surface area (Å²) >= 11 is 1.58. The first kappa shape index (κ1) is 13.7. The summed E-state index contributed by atoms with van der Waals surface area (Å²) in [5.74, 6) is -0.271. The predicted octanol–water partition coefficient (Wildman–Crippen LogP) is 2.80. The fourth-order valence-corrected chi connectivity index (χ4v) is 3.31. The molecule has 1 aliphatic heterocycles. The maximum atomic E-state index is 11.9. The normalized spacial score (nSPS) is 15.0. The number of nitrogens with one attached hydrogen (secondary N) is 2. The van der Waals surface area contributed by atoms with Crippen molar-refractivity contribution < 1.29 is 9.53 Å². The molecule has 3 aromatic rings. The quantitative estimate of drug-likeness (QED) is 0.709. The topological polar surface area (TPSA) is 87.8 Å². The number of cyclic esters (lactones) is 1. The van der Waals surface area contributed by atoms with Crippen LogP contribution in [0.1, 0.15) is 27.2 Å². The molecular formula is C16H11N3O3S. The van der Waals surface area contributed by atoms with Gasteiger partial charge in [0.2, 0.25) is 0 Å². The summed E-state index contributed by atoms with van der Waals surface area (Å²) in [7, 11) is 0. The molecule has 2 N–H and O–H groups in total. The first-order chi connectivity index (χ1) is 11.1. The minimum absolute atomic E-state index is 0.0445. The maximum Gasteiger partial charge on any atom is 0.349 e. The van der Waals surface area contributed by atoms with Gasteiger partial charge in [-0.2, -0.15) is 5.10 Å². The van der Waals surface area contributed by atoms with Crippen molar-refractivity contribution in [3.8, 4) is 10.6 Å². The van der Waals surface area contributed by atoms with E-state index in [1.807, 2.05) is 17.5 Å². The zero-order chi connectivity index (χ0) is 16.0. The Morgan fingerprint density at radius 2 is 2.22 bits per heavy atom. The third-order valence-corrected chi connectivity index (χ3v) is 4.45. The molecule has 0 fully saturated rings. The molecule has 0 unspecified atom stereocenters. The van der Waals surface area contributed by atoms with Crippen LogP contribution >= 0.6 is 11.3 Å². The lowest BCUT2D eigenvalue weighted by Crippen LogP contribution is -2.16. The smallest absolute Gasteiger partial charge is 0.349 e. The summed E-state index contributed by atoms with van der Waals surface area (Å²) in [6.45, 7) is 1.76. The molecule has 23 heavy (non-hydrogen) atoms. The molecule has 114 valence electrons. The second-order valence-electron chi connectivity index (χ2n) is 5.15. The van der Waals surface area contributed by atoms with Crippen molar-refractivity contribution >= 4 is 29.1 Å². The third kappa shape index (κ3) is 2.22. The first-order valence-corrected chi connectivity index (χ1v) is 7.77. The Kier molecular flexibility index (Phi) is 3.02. The molecule has 0 spiro atoms. The van der Waals surface area contributed by atoms with Crippen LogP contribution in [-0.4, -0.2) is 21.2 Å². The van der Waals surface area contributed by atoms with E-state index in [1.165, 1.54) is 0 Å². The Hall–Kier alpha value is -2.93. The number of hydrogen-bond acceptors (Lipinski definition) is 5. The van der Waals surface area contributed by atoms with Crippen molar-refractivity contribution in [1.82, 2.24) is 15.2 Å². The first-order valence-electron chi connectivity index (χ1n) is 6.89. The Balaban J connectivity index is 1.86. The number of esters is 1. The number of aromatic nitrogens is 3. The van der Waals surface area contributed by atoms with Crippen molar-refractivity contribution in [2.24, 2.45) is 0 Å². The van der Waals surface area contributed by atoms with E-state index in [4.69, 9.17) is 4.74 Å². The van der Waals surface area contributed by atoms with E-state index >= 15 is 0 Å². The average molecular weight is 325 g/mol. The van der Waals surface area contributed by atoms with Crippen molar-refractivity contribution in [3.05, 3.63) is 62.5 Å². The SMILES string of the molecule is Cc1cc2c(c(=O)[nH]1)C(=O)OC2=Cc1cn[nH]c1-c1cccs1. The largest absolute Gasteiger partial charge is 0.422 e. The van der Waals surface area contributed by atoms with Crippen LogP contribution in [-0.2, 0) is 4.74 Å². The number of hydrogen-bond donors (Lipinski definition) is 2. The van der Waals surface area contributed by atoms with E-state index < -0.39 is 11.5 Å². The highest BCUT2D eigenvalue weighted by Crippen LogP contribution is 2.33. The summed E-state index contributed by atoms with van der Waals surface area (Å²) in [6, 6.07) is 5.66. The maximum absolute atomic E-state index is 11.9. The van der Waals surface area contributed by atoms with E-state index in [2.05, 4.69) is 15.2 Å². The van der Waals surface area contributed by atoms with Crippen molar-refractivity contribution in [2.45, 2.75) is 6.92 Å². The predicted molar refractivity (Wildman–Crippen MR) is 87.0 cm³/mol. The molecule has 0 saturated carbocycles. The van der Waals surface area contributed by atoms with Gasteiger partial charge in [-0.25, -0.2) is 4.79 Å². The summed E-state index contributed by atoms with van der Waals surface area (Å²) in [6.07, 6.45) is 3.38. The van der Waals surface area contributed by atoms with Gasteiger partial charge in [-0.15, -0.1) is 11.3 Å². The van der Waals surface area contributed by atoms with Gasteiger partial charge in [0.25, 0.3) is 5.56 Å². The molecule has 0 amide bonds. The lowest BCUT2D eigenvalue weighted by molar-refractivity contribution is 0.0715. The number of nitrogens with zero attached hydrogens (tertiary/aromatic N) is 1. The number of rotatable bonds is 2. The van der Waals surface area contributed by atoms with Gasteiger partial charge in [-0.1, -0.05) is 6.07 Å². The number of thiophene rings is 1. The molecule has 4 rings (SSSR count). The van der Waals surface area contributed by atoms with E-state index in [0.29, 0.717) is 17.0 Å². The zero-order valence-corrected chi connectivity index (χ0v) is 12.9. The number of carbonyl (C=O) groups is 1. The van der Waals surface area contributed by atoms with Crippen LogP contribution in [0.3, 0.4) is 0 Å². The van der Waals surface area contributed by atoms with Crippen LogP contribution in [0.25, 0.3) is 22.4 Å². The molecule has 0 saturated heterocycles. The van der Waals surface area contributed by atoms with Crippen molar-refractivity contribution in [2.75, 3.05) is 0 Å². The van der Waals surface area contributed by atoms with Gasteiger partial charge in [0.15, 0.2) is 0 Å². The number of ether oxygens (including phenoxy) is 1. The van der Waals surface area contributed by atoms with E-state index in [-0.39, 0.29) is 5.56 Å². The Labute approximate surface area is 134 Å². The number of fused-ring (bicyclic) bond motifs is 1. The Morgan fingerprint density at radius 3 is 3.00 bits per heavy atom. The number of pyridine rings is 1. The average Bonchev–Trinajstić information content (AvgIpc) is 3.20. The fourth-order valence-electron chi connectivity index (χ4n) is 2.56. The Morgan fingerprint density at radius 1 is 1.35 bits per heavy atom. The van der Waals surface area contributed by atoms with Crippen LogP contribution in [0, 0.1) is 6.92 Å². The molecule has 1 aliphatic rings. The van der Waals surface area contributed by atoms with Gasteiger partial charge in [0.1, 0.15) is 11.3 Å². The van der Waals surface area contributed by atoms with Crippen molar-refractivity contribution in [3.63, 3.8) is 0 Å². The number of aryl methyl sites for hydroxylation is 1. The van der Waals surface area contributed by atoms with Gasteiger partial charge >= 0.3 is 5.97 Å². The third-order valence-electron chi connectivity index (χ3n) is 3.56. The lowest BCUT2D eigenvalue weighted by Gasteiger charge is -2.00. The summed E-state index contributed by atoms with van der Waals surface area (Å²) < 4.78 is 5.28. The van der Waals surface area contributed by atoms with Gasteiger partial charge in [0.05, 0.1) is 16.8 Å². The molecule has 3 aromatic heterocycles. The van der Waals surface area contributed by atoms with E-state index in [1.54, 1.807) is 36.6 Å². The van der Waals surface area contributed by atoms with Gasteiger partial charge in [-0.05, 0) is 30.5 Å². The molecule has 0 radical (unpaired) electrons. The monoisotopic (exact) mass is 325 g/mol. The molecule has 0 aliphatic carbocycles. The lowest BCUT2D eigenvalue weighted by atomic mass is 10.1. The highest BCUT2D eigenvalue weighted by molar-refractivity contribution is 7.13. The van der Waals surface area contributed by atoms with Crippen LogP contribution in [0.15, 0.2) is 34.6 Å². The summed E-state index contributed by atoms with van der Waals surface area (Å²) in [5, 5.41) is 8.98. The molecule has 4 heterocycles. The van der Waals surface area contributed by atoms with E-state index in [9.17, 15) is 9.59 Å². The number of aromatic amines is 2. The number of H-pyrrole nitrogens is 2. The molecule has 0 bridgehead atoms. The highest BCUT2D eigenvalue weighted by Gasteiger charge is 2.30. The summed E-state index contributed by atoms with van der Waals surface area (Å²) in [4.78, 5) is 27.5. The van der Waals surface area contributed by atoms with Crippen molar-refractivity contribution in [1.29, 1.82) is 0 Å². The highest BCUT2D eigenvalue weighted by atomic mass is 32.1.